The van der Waals surface area contributed by atoms with Gasteiger partial charge in [-0.1, -0.05) is 0 Å². The SMILES string of the molecule is COc1ccc(C(=O)N(Cc2ccc(OC)cc2OC)C2CC(OC(=O)NC(C)(C)C)C2)cc1. The summed E-state index contributed by atoms with van der Waals surface area (Å²) < 4.78 is 21.6. The Morgan fingerprint density at radius 3 is 2.12 bits per heavy atom. The molecule has 0 aromatic heterocycles. The Kier molecular flexibility index (Phi) is 7.91. The topological polar surface area (TPSA) is 86.3 Å². The molecule has 184 valence electrons. The predicted molar refractivity (Wildman–Crippen MR) is 129 cm³/mol. The Hall–Kier alpha value is -3.42. The van der Waals surface area contributed by atoms with E-state index in [0.717, 1.165) is 5.56 Å². The van der Waals surface area contributed by atoms with Crippen LogP contribution in [0.1, 0.15) is 49.5 Å². The lowest BCUT2D eigenvalue weighted by atomic mass is 9.87. The van der Waals surface area contributed by atoms with Crippen LogP contribution in [0.4, 0.5) is 4.79 Å². The number of hydrogen-bond acceptors (Lipinski definition) is 6. The Labute approximate surface area is 201 Å². The van der Waals surface area contributed by atoms with Crippen LogP contribution in [-0.4, -0.2) is 55.9 Å². The number of amides is 2. The molecule has 2 aromatic rings. The Morgan fingerprint density at radius 1 is 0.941 bits per heavy atom. The molecule has 2 aromatic carbocycles. The molecule has 1 N–H and O–H groups in total. The van der Waals surface area contributed by atoms with Crippen molar-refractivity contribution in [1.82, 2.24) is 10.2 Å². The van der Waals surface area contributed by atoms with Gasteiger partial charge in [0.2, 0.25) is 0 Å². The summed E-state index contributed by atoms with van der Waals surface area (Å²) >= 11 is 0. The van der Waals surface area contributed by atoms with E-state index in [0.29, 0.717) is 42.2 Å². The second kappa shape index (κ2) is 10.7. The monoisotopic (exact) mass is 470 g/mol. The average Bonchev–Trinajstić information content (AvgIpc) is 2.78. The number of alkyl carbamates (subject to hydrolysis) is 1. The number of hydrogen-bond donors (Lipinski definition) is 1. The minimum absolute atomic E-state index is 0.0751. The highest BCUT2D eigenvalue weighted by Gasteiger charge is 2.39. The number of carbonyl (C=O) groups excluding carboxylic acids is 2. The number of carbonyl (C=O) groups is 2. The van der Waals surface area contributed by atoms with Crippen molar-refractivity contribution in [2.45, 2.75) is 57.8 Å². The van der Waals surface area contributed by atoms with Gasteiger partial charge < -0.3 is 29.2 Å². The van der Waals surface area contributed by atoms with E-state index in [2.05, 4.69) is 5.32 Å². The summed E-state index contributed by atoms with van der Waals surface area (Å²) in [6, 6.07) is 12.5. The molecule has 8 nitrogen and oxygen atoms in total. The van der Waals surface area contributed by atoms with E-state index < -0.39 is 6.09 Å². The van der Waals surface area contributed by atoms with Crippen molar-refractivity contribution in [3.8, 4) is 17.2 Å². The Bertz CT molecular complexity index is 993. The normalized spacial score (nSPS) is 17.2. The molecular weight excluding hydrogens is 436 g/mol. The van der Waals surface area contributed by atoms with Crippen LogP contribution in [0, 0.1) is 0 Å². The first-order chi connectivity index (χ1) is 16.1. The molecule has 0 radical (unpaired) electrons. The van der Waals surface area contributed by atoms with E-state index in [1.807, 2.05) is 37.8 Å². The molecule has 1 aliphatic carbocycles. The van der Waals surface area contributed by atoms with Gasteiger partial charge in [0.05, 0.1) is 21.3 Å². The summed E-state index contributed by atoms with van der Waals surface area (Å²) in [5.74, 6) is 1.89. The Balaban J connectivity index is 1.78. The third-order valence-corrected chi connectivity index (χ3v) is 5.69. The van der Waals surface area contributed by atoms with Crippen LogP contribution in [0.3, 0.4) is 0 Å². The first-order valence-electron chi connectivity index (χ1n) is 11.3. The molecule has 34 heavy (non-hydrogen) atoms. The van der Waals surface area contributed by atoms with Crippen LogP contribution >= 0.6 is 0 Å². The van der Waals surface area contributed by atoms with Gasteiger partial charge in [-0.25, -0.2) is 4.79 Å². The summed E-state index contributed by atoms with van der Waals surface area (Å²) in [6.45, 7) is 6.05. The maximum atomic E-state index is 13.5. The fourth-order valence-electron chi connectivity index (χ4n) is 3.81. The van der Waals surface area contributed by atoms with Crippen molar-refractivity contribution < 1.29 is 28.5 Å². The first-order valence-corrected chi connectivity index (χ1v) is 11.3. The number of methoxy groups -OCH3 is 3. The van der Waals surface area contributed by atoms with Crippen molar-refractivity contribution in [1.29, 1.82) is 0 Å². The molecule has 1 saturated carbocycles. The molecule has 0 saturated heterocycles. The van der Waals surface area contributed by atoms with Crippen LogP contribution < -0.4 is 19.5 Å². The highest BCUT2D eigenvalue weighted by molar-refractivity contribution is 5.94. The Morgan fingerprint density at radius 2 is 1.56 bits per heavy atom. The fourth-order valence-corrected chi connectivity index (χ4v) is 3.81. The summed E-state index contributed by atoms with van der Waals surface area (Å²) in [5.41, 5.74) is 1.05. The average molecular weight is 471 g/mol. The maximum Gasteiger partial charge on any atom is 0.407 e. The van der Waals surface area contributed by atoms with Crippen molar-refractivity contribution in [2.24, 2.45) is 0 Å². The molecule has 3 rings (SSSR count). The van der Waals surface area contributed by atoms with E-state index in [4.69, 9.17) is 18.9 Å². The van der Waals surface area contributed by atoms with E-state index in [1.165, 1.54) is 0 Å². The third-order valence-electron chi connectivity index (χ3n) is 5.69. The van der Waals surface area contributed by atoms with Crippen LogP contribution in [-0.2, 0) is 11.3 Å². The fraction of sp³-hybridized carbons (Fsp3) is 0.462. The van der Waals surface area contributed by atoms with Crippen molar-refractivity contribution >= 4 is 12.0 Å². The smallest absolute Gasteiger partial charge is 0.407 e. The van der Waals surface area contributed by atoms with Crippen LogP contribution in [0.15, 0.2) is 42.5 Å². The largest absolute Gasteiger partial charge is 0.497 e. The number of nitrogens with zero attached hydrogens (tertiary/aromatic N) is 1. The summed E-state index contributed by atoms with van der Waals surface area (Å²) in [5, 5.41) is 2.81. The van der Waals surface area contributed by atoms with E-state index >= 15 is 0 Å². The van der Waals surface area contributed by atoms with Gasteiger partial charge in [-0.3, -0.25) is 4.79 Å². The number of rotatable bonds is 8. The maximum absolute atomic E-state index is 13.5. The minimum Gasteiger partial charge on any atom is -0.497 e. The predicted octanol–water partition coefficient (Wildman–Crippen LogP) is 4.41. The van der Waals surface area contributed by atoms with Crippen molar-refractivity contribution in [3.63, 3.8) is 0 Å². The van der Waals surface area contributed by atoms with Gasteiger partial charge in [0, 0.05) is 48.2 Å². The van der Waals surface area contributed by atoms with Gasteiger partial charge in [-0.05, 0) is 57.2 Å². The zero-order valence-corrected chi connectivity index (χ0v) is 20.7. The molecule has 0 aliphatic heterocycles. The third kappa shape index (κ3) is 6.34. The summed E-state index contributed by atoms with van der Waals surface area (Å²) in [4.78, 5) is 27.5. The second-order valence-corrected chi connectivity index (χ2v) is 9.37. The quantitative estimate of drug-likeness (QED) is 0.615. The van der Waals surface area contributed by atoms with E-state index in [-0.39, 0.29) is 23.6 Å². The highest BCUT2D eigenvalue weighted by Crippen LogP contribution is 2.33. The zero-order chi connectivity index (χ0) is 24.9. The standard InChI is InChI=1S/C26H34N2O6/c1-26(2,3)27-25(30)34-22-13-19(14-22)28(24(29)17-7-10-20(31-4)11-8-17)16-18-9-12-21(32-5)15-23(18)33-6/h7-12,15,19,22H,13-14,16H2,1-6H3,(H,27,30). The lowest BCUT2D eigenvalue weighted by molar-refractivity contribution is -0.0111. The molecule has 0 bridgehead atoms. The van der Waals surface area contributed by atoms with Crippen molar-refractivity contribution in [3.05, 3.63) is 53.6 Å². The molecule has 1 aliphatic rings. The molecule has 8 heteroatoms. The van der Waals surface area contributed by atoms with E-state index in [9.17, 15) is 9.59 Å². The summed E-state index contributed by atoms with van der Waals surface area (Å²) in [6.07, 6.45) is 0.452. The van der Waals surface area contributed by atoms with E-state index in [1.54, 1.807) is 51.7 Å². The van der Waals surface area contributed by atoms with Crippen LogP contribution in [0.2, 0.25) is 0 Å². The second-order valence-electron chi connectivity index (χ2n) is 9.37. The van der Waals surface area contributed by atoms with Gasteiger partial charge >= 0.3 is 6.09 Å². The molecule has 0 atom stereocenters. The highest BCUT2D eigenvalue weighted by atomic mass is 16.6. The van der Waals surface area contributed by atoms with Gasteiger partial charge in [0.25, 0.3) is 5.91 Å². The molecule has 2 amide bonds. The molecular formula is C26H34N2O6. The van der Waals surface area contributed by atoms with Crippen LogP contribution in [0.5, 0.6) is 17.2 Å². The van der Waals surface area contributed by atoms with Crippen LogP contribution in [0.25, 0.3) is 0 Å². The first kappa shape index (κ1) is 25.2. The number of benzene rings is 2. The summed E-state index contributed by atoms with van der Waals surface area (Å²) in [7, 11) is 4.77. The zero-order valence-electron chi connectivity index (χ0n) is 20.7. The number of ether oxygens (including phenoxy) is 4. The molecule has 1 fully saturated rings. The molecule has 0 unspecified atom stereocenters. The lowest BCUT2D eigenvalue weighted by Crippen LogP contribution is -2.52. The number of nitrogens with one attached hydrogen (secondary N) is 1. The van der Waals surface area contributed by atoms with Gasteiger partial charge in [-0.15, -0.1) is 0 Å². The minimum atomic E-state index is -0.444. The molecule has 0 spiro atoms. The van der Waals surface area contributed by atoms with Gasteiger partial charge in [0.1, 0.15) is 23.4 Å². The molecule has 0 heterocycles. The van der Waals surface area contributed by atoms with Gasteiger partial charge in [0.15, 0.2) is 0 Å². The lowest BCUT2D eigenvalue weighted by Gasteiger charge is -2.42. The van der Waals surface area contributed by atoms with Crippen molar-refractivity contribution in [2.75, 3.05) is 21.3 Å². The van der Waals surface area contributed by atoms with Gasteiger partial charge in [-0.2, -0.15) is 0 Å².